The van der Waals surface area contributed by atoms with Gasteiger partial charge in [-0.25, -0.2) is 9.97 Å². The second-order valence-corrected chi connectivity index (χ2v) is 8.08. The lowest BCUT2D eigenvalue weighted by molar-refractivity contribution is -0.116. The van der Waals surface area contributed by atoms with Gasteiger partial charge < -0.3 is 10.1 Å². The van der Waals surface area contributed by atoms with Crippen LogP contribution >= 0.6 is 22.7 Å². The van der Waals surface area contributed by atoms with Crippen LogP contribution in [-0.4, -0.2) is 15.9 Å². The monoisotopic (exact) mass is 409 g/mol. The van der Waals surface area contributed by atoms with Gasteiger partial charge in [0.15, 0.2) is 0 Å². The number of hydrogen-bond acceptors (Lipinski definition) is 6. The lowest BCUT2D eigenvalue weighted by atomic mass is 10.2. The van der Waals surface area contributed by atoms with Gasteiger partial charge in [0, 0.05) is 11.8 Å². The molecule has 4 rings (SSSR count). The SMILES string of the molecule is O=C(CCCc1nc2ccccc2s1)Nc1ccccc1OCc1cscn1. The predicted octanol–water partition coefficient (Wildman–Crippen LogP) is 5.29. The predicted molar refractivity (Wildman–Crippen MR) is 114 cm³/mol. The Kier molecular flexibility index (Phi) is 5.94. The number of carbonyl (C=O) groups excluding carboxylic acids is 1. The van der Waals surface area contributed by atoms with Crippen LogP contribution in [0.1, 0.15) is 23.5 Å². The van der Waals surface area contributed by atoms with Crippen molar-refractivity contribution in [3.8, 4) is 5.75 Å². The van der Waals surface area contributed by atoms with Gasteiger partial charge in [-0.05, 0) is 37.1 Å². The van der Waals surface area contributed by atoms with Crippen LogP contribution in [0.3, 0.4) is 0 Å². The third kappa shape index (κ3) is 4.74. The molecule has 0 fully saturated rings. The van der Waals surface area contributed by atoms with Crippen molar-refractivity contribution in [1.29, 1.82) is 0 Å². The molecular formula is C21H19N3O2S2. The zero-order valence-corrected chi connectivity index (χ0v) is 16.8. The van der Waals surface area contributed by atoms with Gasteiger partial charge >= 0.3 is 0 Å². The number of anilines is 1. The Morgan fingerprint density at radius 1 is 1.11 bits per heavy atom. The van der Waals surface area contributed by atoms with E-state index >= 15 is 0 Å². The second kappa shape index (κ2) is 8.95. The number of hydrogen-bond donors (Lipinski definition) is 1. The van der Waals surface area contributed by atoms with Crippen molar-refractivity contribution in [2.45, 2.75) is 25.9 Å². The fourth-order valence-corrected chi connectivity index (χ4v) is 4.35. The first-order valence-corrected chi connectivity index (χ1v) is 10.8. The van der Waals surface area contributed by atoms with Crippen molar-refractivity contribution in [3.63, 3.8) is 0 Å². The largest absolute Gasteiger partial charge is 0.485 e. The van der Waals surface area contributed by atoms with E-state index in [1.165, 1.54) is 16.0 Å². The number of benzene rings is 2. The molecule has 0 aliphatic carbocycles. The summed E-state index contributed by atoms with van der Waals surface area (Å²) in [6, 6.07) is 15.6. The summed E-state index contributed by atoms with van der Waals surface area (Å²) >= 11 is 3.23. The lowest BCUT2D eigenvalue weighted by Gasteiger charge is -2.11. The quantitative estimate of drug-likeness (QED) is 0.429. The highest BCUT2D eigenvalue weighted by Crippen LogP contribution is 2.26. The van der Waals surface area contributed by atoms with E-state index in [1.54, 1.807) is 16.8 Å². The number of fused-ring (bicyclic) bond motifs is 1. The molecule has 0 aliphatic heterocycles. The van der Waals surface area contributed by atoms with E-state index in [4.69, 9.17) is 4.74 Å². The van der Waals surface area contributed by atoms with Crippen molar-refractivity contribution in [2.75, 3.05) is 5.32 Å². The van der Waals surface area contributed by atoms with Crippen molar-refractivity contribution in [3.05, 3.63) is 70.1 Å². The van der Waals surface area contributed by atoms with Crippen molar-refractivity contribution in [2.24, 2.45) is 0 Å². The summed E-state index contributed by atoms with van der Waals surface area (Å²) in [5.41, 5.74) is 4.36. The minimum Gasteiger partial charge on any atom is -0.485 e. The number of aryl methyl sites for hydroxylation is 1. The highest BCUT2D eigenvalue weighted by molar-refractivity contribution is 7.18. The molecule has 2 heterocycles. The first-order chi connectivity index (χ1) is 13.8. The molecule has 142 valence electrons. The summed E-state index contributed by atoms with van der Waals surface area (Å²) in [6.07, 6.45) is 2.00. The van der Waals surface area contributed by atoms with Gasteiger partial charge in [-0.1, -0.05) is 24.3 Å². The topological polar surface area (TPSA) is 64.1 Å². The Labute approximate surface area is 171 Å². The summed E-state index contributed by atoms with van der Waals surface area (Å²) < 4.78 is 7.00. The number of thiazole rings is 2. The number of para-hydroxylation sites is 3. The van der Waals surface area contributed by atoms with E-state index in [1.807, 2.05) is 47.8 Å². The number of ether oxygens (including phenoxy) is 1. The first kappa shape index (κ1) is 18.6. The molecule has 4 aromatic rings. The van der Waals surface area contributed by atoms with Crippen LogP contribution in [0.2, 0.25) is 0 Å². The maximum atomic E-state index is 12.4. The molecule has 0 aliphatic rings. The molecule has 0 radical (unpaired) electrons. The standard InChI is InChI=1S/C21H19N3O2S2/c25-20(10-5-11-21-24-17-7-2-4-9-19(17)28-21)23-16-6-1-3-8-18(16)26-12-15-13-27-14-22-15/h1-4,6-9,13-14H,5,10-12H2,(H,23,25). The molecule has 7 heteroatoms. The summed E-state index contributed by atoms with van der Waals surface area (Å²) in [5.74, 6) is 0.626. The minimum atomic E-state index is -0.0224. The fraction of sp³-hybridized carbons (Fsp3) is 0.190. The number of aromatic nitrogens is 2. The second-order valence-electron chi connectivity index (χ2n) is 6.24. The number of rotatable bonds is 8. The Balaban J connectivity index is 1.29. The van der Waals surface area contributed by atoms with E-state index in [0.29, 0.717) is 24.5 Å². The van der Waals surface area contributed by atoms with Crippen molar-refractivity contribution in [1.82, 2.24) is 9.97 Å². The first-order valence-electron chi connectivity index (χ1n) is 9.01. The van der Waals surface area contributed by atoms with Crippen LogP contribution < -0.4 is 10.1 Å². The van der Waals surface area contributed by atoms with Crippen LogP contribution in [0.4, 0.5) is 5.69 Å². The van der Waals surface area contributed by atoms with Crippen molar-refractivity contribution < 1.29 is 9.53 Å². The molecule has 0 unspecified atom stereocenters. The zero-order chi connectivity index (χ0) is 19.2. The van der Waals surface area contributed by atoms with E-state index < -0.39 is 0 Å². The van der Waals surface area contributed by atoms with E-state index in [0.717, 1.165) is 29.1 Å². The number of nitrogens with zero attached hydrogens (tertiary/aromatic N) is 2. The molecule has 5 nitrogen and oxygen atoms in total. The summed E-state index contributed by atoms with van der Waals surface area (Å²) in [7, 11) is 0. The molecule has 28 heavy (non-hydrogen) atoms. The molecule has 0 spiro atoms. The summed E-state index contributed by atoms with van der Waals surface area (Å²) in [6.45, 7) is 0.383. The van der Waals surface area contributed by atoms with Gasteiger partial charge in [-0.3, -0.25) is 4.79 Å². The maximum absolute atomic E-state index is 12.4. The van der Waals surface area contributed by atoms with Gasteiger partial charge in [0.25, 0.3) is 0 Å². The zero-order valence-electron chi connectivity index (χ0n) is 15.1. The van der Waals surface area contributed by atoms with Gasteiger partial charge in [-0.2, -0.15) is 0 Å². The molecule has 0 atom stereocenters. The number of nitrogens with one attached hydrogen (secondary N) is 1. The molecule has 1 N–H and O–H groups in total. The number of amides is 1. The van der Waals surface area contributed by atoms with E-state index in [-0.39, 0.29) is 5.91 Å². The Morgan fingerprint density at radius 3 is 2.82 bits per heavy atom. The average Bonchev–Trinajstić information content (AvgIpc) is 3.36. The summed E-state index contributed by atoms with van der Waals surface area (Å²) in [4.78, 5) is 21.2. The van der Waals surface area contributed by atoms with E-state index in [2.05, 4.69) is 21.4 Å². The van der Waals surface area contributed by atoms with E-state index in [9.17, 15) is 4.79 Å². The fourth-order valence-electron chi connectivity index (χ4n) is 2.80. The molecule has 0 saturated heterocycles. The number of carbonyl (C=O) groups is 1. The third-order valence-corrected chi connectivity index (χ3v) is 5.88. The Hall–Kier alpha value is -2.77. The average molecular weight is 410 g/mol. The van der Waals surface area contributed by atoms with Crippen LogP contribution in [-0.2, 0) is 17.8 Å². The smallest absolute Gasteiger partial charge is 0.224 e. The van der Waals surface area contributed by atoms with Gasteiger partial charge in [0.05, 0.1) is 32.1 Å². The van der Waals surface area contributed by atoms with Crippen molar-refractivity contribution >= 4 is 44.5 Å². The normalized spacial score (nSPS) is 10.9. The molecular weight excluding hydrogens is 390 g/mol. The van der Waals surface area contributed by atoms with Crippen LogP contribution in [0.15, 0.2) is 59.4 Å². The summed E-state index contributed by atoms with van der Waals surface area (Å²) in [5, 5.41) is 5.97. The van der Waals surface area contributed by atoms with Crippen LogP contribution in [0.25, 0.3) is 10.2 Å². The van der Waals surface area contributed by atoms with Crippen LogP contribution in [0, 0.1) is 0 Å². The molecule has 2 aromatic heterocycles. The lowest BCUT2D eigenvalue weighted by Crippen LogP contribution is -2.12. The van der Waals surface area contributed by atoms with Crippen LogP contribution in [0.5, 0.6) is 5.75 Å². The molecule has 1 amide bonds. The highest BCUT2D eigenvalue weighted by Gasteiger charge is 2.09. The van der Waals surface area contributed by atoms with Gasteiger partial charge in [-0.15, -0.1) is 22.7 Å². The third-order valence-electron chi connectivity index (χ3n) is 4.15. The van der Waals surface area contributed by atoms with Gasteiger partial charge in [0.1, 0.15) is 12.4 Å². The van der Waals surface area contributed by atoms with Gasteiger partial charge in [0.2, 0.25) is 5.91 Å². The maximum Gasteiger partial charge on any atom is 0.224 e. The minimum absolute atomic E-state index is 0.0224. The Bertz CT molecular complexity index is 1030. The Morgan fingerprint density at radius 2 is 1.96 bits per heavy atom. The highest BCUT2D eigenvalue weighted by atomic mass is 32.1. The molecule has 0 saturated carbocycles. The molecule has 2 aromatic carbocycles. The molecule has 0 bridgehead atoms.